The molecule has 0 aliphatic rings. The van der Waals surface area contributed by atoms with Gasteiger partial charge in [-0.3, -0.25) is 0 Å². The van der Waals surface area contributed by atoms with Crippen LogP contribution in [-0.4, -0.2) is 25.5 Å². The molecule has 0 saturated heterocycles. The summed E-state index contributed by atoms with van der Waals surface area (Å²) in [6, 6.07) is 5.13. The summed E-state index contributed by atoms with van der Waals surface area (Å²) in [7, 11) is 3.86. The Kier molecular flexibility index (Phi) is 3.89. The maximum Gasteiger partial charge on any atom is 0.127 e. The van der Waals surface area contributed by atoms with Gasteiger partial charge in [0, 0.05) is 24.3 Å². The predicted molar refractivity (Wildman–Crippen MR) is 58.0 cm³/mol. The van der Waals surface area contributed by atoms with Gasteiger partial charge in [0.2, 0.25) is 0 Å². The molecule has 0 saturated carbocycles. The molecule has 14 heavy (non-hydrogen) atoms. The zero-order valence-electron chi connectivity index (χ0n) is 8.97. The molecule has 0 fully saturated rings. The number of hydrogen-bond donors (Lipinski definition) is 1. The summed E-state index contributed by atoms with van der Waals surface area (Å²) in [6.45, 7) is 3.51. The van der Waals surface area contributed by atoms with Gasteiger partial charge < -0.3 is 10.2 Å². The number of benzene rings is 1. The number of halogens is 1. The standard InChI is InChI=1S/C11H17FN2/c1-4-13-10-5-6-11(12)9(7-10)8-14(2)3/h5-7,13H,4,8H2,1-3H3. The van der Waals surface area contributed by atoms with E-state index in [2.05, 4.69) is 5.32 Å². The Labute approximate surface area is 84.7 Å². The number of nitrogens with one attached hydrogen (secondary N) is 1. The van der Waals surface area contributed by atoms with E-state index in [9.17, 15) is 4.39 Å². The molecule has 0 unspecified atom stereocenters. The Hall–Kier alpha value is -1.09. The van der Waals surface area contributed by atoms with Crippen LogP contribution >= 0.6 is 0 Å². The zero-order valence-corrected chi connectivity index (χ0v) is 8.97. The minimum Gasteiger partial charge on any atom is -0.385 e. The highest BCUT2D eigenvalue weighted by atomic mass is 19.1. The zero-order chi connectivity index (χ0) is 10.6. The van der Waals surface area contributed by atoms with Crippen LogP contribution in [0.5, 0.6) is 0 Å². The smallest absolute Gasteiger partial charge is 0.127 e. The molecule has 78 valence electrons. The van der Waals surface area contributed by atoms with Crippen molar-refractivity contribution >= 4 is 5.69 Å². The first-order valence-corrected chi connectivity index (χ1v) is 4.80. The van der Waals surface area contributed by atoms with E-state index in [1.165, 1.54) is 6.07 Å². The average molecular weight is 196 g/mol. The Morgan fingerprint density at radius 2 is 2.07 bits per heavy atom. The molecule has 0 spiro atoms. The monoisotopic (exact) mass is 196 g/mol. The van der Waals surface area contributed by atoms with Crippen LogP contribution in [0.15, 0.2) is 18.2 Å². The van der Waals surface area contributed by atoms with Crippen molar-refractivity contribution in [1.82, 2.24) is 4.90 Å². The summed E-state index contributed by atoms with van der Waals surface area (Å²) >= 11 is 0. The highest BCUT2D eigenvalue weighted by molar-refractivity contribution is 5.46. The van der Waals surface area contributed by atoms with Gasteiger partial charge in [0.05, 0.1) is 0 Å². The minimum atomic E-state index is -0.139. The number of hydrogen-bond acceptors (Lipinski definition) is 2. The molecule has 1 rings (SSSR count). The van der Waals surface area contributed by atoms with Crippen molar-refractivity contribution in [3.05, 3.63) is 29.6 Å². The fourth-order valence-corrected chi connectivity index (χ4v) is 1.35. The Morgan fingerprint density at radius 1 is 1.36 bits per heavy atom. The van der Waals surface area contributed by atoms with E-state index in [0.29, 0.717) is 6.54 Å². The van der Waals surface area contributed by atoms with E-state index in [1.54, 1.807) is 6.07 Å². The SMILES string of the molecule is CCNc1ccc(F)c(CN(C)C)c1. The van der Waals surface area contributed by atoms with Gasteiger partial charge in [-0.2, -0.15) is 0 Å². The molecule has 0 atom stereocenters. The second-order valence-electron chi connectivity index (χ2n) is 3.57. The molecule has 0 amide bonds. The van der Waals surface area contributed by atoms with Crippen molar-refractivity contribution in [3.63, 3.8) is 0 Å². The molecule has 1 N–H and O–H groups in total. The average Bonchev–Trinajstić information content (AvgIpc) is 2.10. The first-order valence-electron chi connectivity index (χ1n) is 4.80. The summed E-state index contributed by atoms with van der Waals surface area (Å²) in [5.74, 6) is -0.139. The van der Waals surface area contributed by atoms with Crippen molar-refractivity contribution in [2.45, 2.75) is 13.5 Å². The maximum atomic E-state index is 13.3. The number of nitrogens with zero attached hydrogens (tertiary/aromatic N) is 1. The van der Waals surface area contributed by atoms with E-state index in [-0.39, 0.29) is 5.82 Å². The van der Waals surface area contributed by atoms with E-state index in [1.807, 2.05) is 32.0 Å². The first-order chi connectivity index (χ1) is 6.63. The summed E-state index contributed by atoms with van der Waals surface area (Å²) in [5, 5.41) is 3.16. The third-order valence-corrected chi connectivity index (χ3v) is 1.91. The highest BCUT2D eigenvalue weighted by Gasteiger charge is 2.03. The van der Waals surface area contributed by atoms with Crippen LogP contribution in [0.3, 0.4) is 0 Å². The van der Waals surface area contributed by atoms with E-state index < -0.39 is 0 Å². The first kappa shape index (κ1) is 11.0. The normalized spacial score (nSPS) is 10.6. The molecular formula is C11H17FN2. The van der Waals surface area contributed by atoms with Crippen LogP contribution in [0.1, 0.15) is 12.5 Å². The summed E-state index contributed by atoms with van der Waals surface area (Å²) in [5.41, 5.74) is 1.71. The highest BCUT2D eigenvalue weighted by Crippen LogP contribution is 2.15. The lowest BCUT2D eigenvalue weighted by atomic mass is 10.2. The summed E-state index contributed by atoms with van der Waals surface area (Å²) < 4.78 is 13.3. The van der Waals surface area contributed by atoms with Crippen LogP contribution in [0.2, 0.25) is 0 Å². The molecule has 0 radical (unpaired) electrons. The molecule has 0 bridgehead atoms. The number of anilines is 1. The second-order valence-corrected chi connectivity index (χ2v) is 3.57. The third-order valence-electron chi connectivity index (χ3n) is 1.91. The Morgan fingerprint density at radius 3 is 2.64 bits per heavy atom. The number of rotatable bonds is 4. The Balaban J connectivity index is 2.84. The molecular weight excluding hydrogens is 179 g/mol. The van der Waals surface area contributed by atoms with Gasteiger partial charge in [0.25, 0.3) is 0 Å². The quantitative estimate of drug-likeness (QED) is 0.795. The van der Waals surface area contributed by atoms with Crippen LogP contribution in [0, 0.1) is 5.82 Å². The van der Waals surface area contributed by atoms with Crippen molar-refractivity contribution in [2.75, 3.05) is 26.0 Å². The van der Waals surface area contributed by atoms with Crippen molar-refractivity contribution in [2.24, 2.45) is 0 Å². The summed E-state index contributed by atoms with van der Waals surface area (Å²) in [6.07, 6.45) is 0. The molecule has 0 aliphatic carbocycles. The van der Waals surface area contributed by atoms with E-state index in [0.717, 1.165) is 17.8 Å². The summed E-state index contributed by atoms with van der Waals surface area (Å²) in [4.78, 5) is 1.95. The van der Waals surface area contributed by atoms with Crippen LogP contribution < -0.4 is 5.32 Å². The van der Waals surface area contributed by atoms with Gasteiger partial charge in [-0.1, -0.05) is 0 Å². The van der Waals surface area contributed by atoms with Crippen molar-refractivity contribution < 1.29 is 4.39 Å². The van der Waals surface area contributed by atoms with Gasteiger partial charge in [0.1, 0.15) is 5.82 Å². The largest absolute Gasteiger partial charge is 0.385 e. The van der Waals surface area contributed by atoms with Gasteiger partial charge in [-0.05, 0) is 39.2 Å². The maximum absolute atomic E-state index is 13.3. The molecule has 0 aromatic heterocycles. The van der Waals surface area contributed by atoms with Crippen LogP contribution in [0.4, 0.5) is 10.1 Å². The molecule has 2 nitrogen and oxygen atoms in total. The third kappa shape index (κ3) is 3.00. The molecule has 1 aromatic rings. The van der Waals surface area contributed by atoms with E-state index in [4.69, 9.17) is 0 Å². The van der Waals surface area contributed by atoms with Crippen molar-refractivity contribution in [1.29, 1.82) is 0 Å². The Bertz CT molecular complexity index is 297. The van der Waals surface area contributed by atoms with Gasteiger partial charge in [0.15, 0.2) is 0 Å². The molecule has 0 heterocycles. The van der Waals surface area contributed by atoms with E-state index >= 15 is 0 Å². The van der Waals surface area contributed by atoms with Crippen LogP contribution in [0.25, 0.3) is 0 Å². The predicted octanol–water partition coefficient (Wildman–Crippen LogP) is 2.32. The van der Waals surface area contributed by atoms with Gasteiger partial charge >= 0.3 is 0 Å². The van der Waals surface area contributed by atoms with Crippen molar-refractivity contribution in [3.8, 4) is 0 Å². The lowest BCUT2D eigenvalue weighted by Crippen LogP contribution is -2.12. The van der Waals surface area contributed by atoms with Crippen LogP contribution in [-0.2, 0) is 6.54 Å². The van der Waals surface area contributed by atoms with Gasteiger partial charge in [-0.15, -0.1) is 0 Å². The second kappa shape index (κ2) is 4.96. The topological polar surface area (TPSA) is 15.3 Å². The lowest BCUT2D eigenvalue weighted by molar-refractivity contribution is 0.392. The lowest BCUT2D eigenvalue weighted by Gasteiger charge is -2.12. The molecule has 3 heteroatoms. The molecule has 1 aromatic carbocycles. The minimum absolute atomic E-state index is 0.139. The fraction of sp³-hybridized carbons (Fsp3) is 0.455. The fourth-order valence-electron chi connectivity index (χ4n) is 1.35. The molecule has 0 aliphatic heterocycles. The van der Waals surface area contributed by atoms with Gasteiger partial charge in [-0.25, -0.2) is 4.39 Å².